The van der Waals surface area contributed by atoms with Crippen molar-refractivity contribution < 1.29 is 38.4 Å². The number of non-ortho nitro benzene ring substituents is 1. The molecule has 0 saturated carbocycles. The van der Waals surface area contributed by atoms with Crippen LogP contribution in [0.4, 0.5) is 11.4 Å². The Bertz CT molecular complexity index is 1210. The molecule has 1 saturated heterocycles. The summed E-state index contributed by atoms with van der Waals surface area (Å²) in [7, 11) is 0. The molecule has 38 heavy (non-hydrogen) atoms. The van der Waals surface area contributed by atoms with Gasteiger partial charge in [0, 0.05) is 29.8 Å². The van der Waals surface area contributed by atoms with Crippen LogP contribution in [0.5, 0.6) is 0 Å². The Morgan fingerprint density at radius 3 is 2.32 bits per heavy atom. The van der Waals surface area contributed by atoms with Gasteiger partial charge >= 0.3 is 11.9 Å². The number of nitrogens with one attached hydrogen (secondary N) is 2. The molecule has 1 heterocycles. The smallest absolute Gasteiger partial charge is 0.338 e. The highest BCUT2D eigenvalue weighted by molar-refractivity contribution is 5.97. The maximum Gasteiger partial charge on any atom is 0.338 e. The van der Waals surface area contributed by atoms with Gasteiger partial charge in [-0.05, 0) is 42.8 Å². The monoisotopic (exact) mass is 526 g/mol. The van der Waals surface area contributed by atoms with Crippen LogP contribution < -0.4 is 10.7 Å². The minimum Gasteiger partial charge on any atom is -0.462 e. The van der Waals surface area contributed by atoms with E-state index in [1.165, 1.54) is 36.4 Å². The summed E-state index contributed by atoms with van der Waals surface area (Å²) in [5.41, 5.74) is 2.97. The van der Waals surface area contributed by atoms with Gasteiger partial charge in [0.1, 0.15) is 0 Å². The number of hydrogen-bond acceptors (Lipinski definition) is 9. The highest BCUT2D eigenvalue weighted by Gasteiger charge is 2.36. The molecule has 0 radical (unpaired) electrons. The fourth-order valence-corrected chi connectivity index (χ4v) is 3.43. The molecule has 1 fully saturated rings. The summed E-state index contributed by atoms with van der Waals surface area (Å²) in [5, 5.41) is 14.2. The molecule has 1 atom stereocenters. The maximum atomic E-state index is 12.4. The summed E-state index contributed by atoms with van der Waals surface area (Å²) >= 11 is 0. The van der Waals surface area contributed by atoms with Crippen molar-refractivity contribution in [1.29, 1.82) is 0 Å². The van der Waals surface area contributed by atoms with Crippen LogP contribution in [-0.4, -0.2) is 59.4 Å². The molecule has 2 aromatic rings. The number of esters is 2. The van der Waals surface area contributed by atoms with Crippen molar-refractivity contribution in [2.24, 2.45) is 5.92 Å². The number of anilines is 1. The topological polar surface area (TPSA) is 174 Å². The molecule has 0 spiro atoms. The zero-order valence-electron chi connectivity index (χ0n) is 20.5. The Hall–Kier alpha value is -4.81. The summed E-state index contributed by atoms with van der Waals surface area (Å²) in [5.74, 6) is -3.98. The van der Waals surface area contributed by atoms with Crippen molar-refractivity contribution in [3.8, 4) is 0 Å². The molecule has 3 amide bonds. The molecule has 200 valence electrons. The zero-order chi connectivity index (χ0) is 27.7. The fourth-order valence-electron chi connectivity index (χ4n) is 3.43. The van der Waals surface area contributed by atoms with Gasteiger partial charge in [0.2, 0.25) is 5.91 Å². The van der Waals surface area contributed by atoms with Crippen molar-refractivity contribution >= 4 is 41.0 Å². The lowest BCUT2D eigenvalue weighted by atomic mass is 10.1. The number of unbranched alkanes of at least 4 members (excludes halogenated alkanes) is 1. The Morgan fingerprint density at radius 2 is 1.68 bits per heavy atom. The molecule has 2 aromatic carbocycles. The zero-order valence-corrected chi connectivity index (χ0v) is 20.5. The van der Waals surface area contributed by atoms with E-state index in [4.69, 9.17) is 9.47 Å². The van der Waals surface area contributed by atoms with E-state index in [-0.39, 0.29) is 24.2 Å². The highest BCUT2D eigenvalue weighted by atomic mass is 16.6. The molecule has 3 rings (SSSR count). The molecule has 0 unspecified atom stereocenters. The fraction of sp³-hybridized carbons (Fsp3) is 0.320. The number of carbonyl (C=O) groups excluding carboxylic acids is 5. The molecule has 1 aliphatic heterocycles. The van der Waals surface area contributed by atoms with Gasteiger partial charge in [-0.25, -0.2) is 4.79 Å². The number of nitro benzene ring substituents is 1. The van der Waals surface area contributed by atoms with Crippen molar-refractivity contribution in [3.05, 3.63) is 69.8 Å². The van der Waals surface area contributed by atoms with E-state index in [9.17, 15) is 34.1 Å². The molecule has 2 N–H and O–H groups in total. The molecule has 13 heteroatoms. The van der Waals surface area contributed by atoms with Gasteiger partial charge in [0.05, 0.1) is 29.6 Å². The lowest BCUT2D eigenvalue weighted by Crippen LogP contribution is -2.43. The predicted octanol–water partition coefficient (Wildman–Crippen LogP) is 2.23. The number of ether oxygens (including phenoxy) is 2. The summed E-state index contributed by atoms with van der Waals surface area (Å²) in [6, 6.07) is 10.8. The Labute approximate surface area is 217 Å². The SMILES string of the molecule is CCCCOC(=O)c1ccc(NC(=O)COC(=O)[C@H]2CC(=O)N(NC(=O)c3ccc([N+](=O)[O-])cc3)C2)cc1. The number of nitro groups is 1. The Balaban J connectivity index is 1.43. The summed E-state index contributed by atoms with van der Waals surface area (Å²) in [6.45, 7) is 1.56. The van der Waals surface area contributed by atoms with Crippen LogP contribution in [0.2, 0.25) is 0 Å². The quantitative estimate of drug-likeness (QED) is 0.192. The first-order valence-corrected chi connectivity index (χ1v) is 11.8. The van der Waals surface area contributed by atoms with E-state index in [1.807, 2.05) is 6.92 Å². The average Bonchev–Trinajstić information content (AvgIpc) is 3.27. The van der Waals surface area contributed by atoms with Gasteiger partial charge in [-0.1, -0.05) is 13.3 Å². The molecular formula is C25H26N4O9. The van der Waals surface area contributed by atoms with E-state index in [0.717, 1.165) is 30.0 Å². The number of nitrogens with zero attached hydrogens (tertiary/aromatic N) is 2. The number of carbonyl (C=O) groups is 5. The number of benzene rings is 2. The van der Waals surface area contributed by atoms with Crippen LogP contribution in [0.1, 0.15) is 46.9 Å². The second-order valence-corrected chi connectivity index (χ2v) is 8.37. The first kappa shape index (κ1) is 27.8. The first-order chi connectivity index (χ1) is 18.2. The molecule has 13 nitrogen and oxygen atoms in total. The van der Waals surface area contributed by atoms with Gasteiger partial charge in [0.25, 0.3) is 17.5 Å². The largest absolute Gasteiger partial charge is 0.462 e. The van der Waals surface area contributed by atoms with E-state index in [0.29, 0.717) is 17.9 Å². The van der Waals surface area contributed by atoms with Gasteiger partial charge in [-0.3, -0.25) is 39.7 Å². The van der Waals surface area contributed by atoms with Crippen molar-refractivity contribution in [2.75, 3.05) is 25.1 Å². The predicted molar refractivity (Wildman–Crippen MR) is 132 cm³/mol. The lowest BCUT2D eigenvalue weighted by molar-refractivity contribution is -0.384. The van der Waals surface area contributed by atoms with Gasteiger partial charge in [-0.2, -0.15) is 0 Å². The molecule has 0 bridgehead atoms. The molecule has 0 aliphatic carbocycles. The molecule has 0 aromatic heterocycles. The Kier molecular flexibility index (Phi) is 9.46. The van der Waals surface area contributed by atoms with Crippen LogP contribution in [0.15, 0.2) is 48.5 Å². The molecular weight excluding hydrogens is 500 g/mol. The molecule has 1 aliphatic rings. The van der Waals surface area contributed by atoms with E-state index >= 15 is 0 Å². The van der Waals surface area contributed by atoms with Crippen molar-refractivity contribution in [3.63, 3.8) is 0 Å². The van der Waals surface area contributed by atoms with Crippen LogP contribution >= 0.6 is 0 Å². The van der Waals surface area contributed by atoms with Crippen LogP contribution in [0, 0.1) is 16.0 Å². The standard InChI is InChI=1S/C25H26N4O9/c1-2-3-12-37-24(33)17-4-8-19(9-5-17)26-21(30)15-38-25(34)18-13-22(31)28(14-18)27-23(32)16-6-10-20(11-7-16)29(35)36/h4-11,18H,2-3,12-15H2,1H3,(H,26,30)(H,27,32)/t18-/m0/s1. The normalized spacial score (nSPS) is 14.5. The summed E-state index contributed by atoms with van der Waals surface area (Å²) < 4.78 is 10.1. The number of amides is 3. The number of rotatable bonds is 11. The maximum absolute atomic E-state index is 12.4. The lowest BCUT2D eigenvalue weighted by Gasteiger charge is -2.17. The van der Waals surface area contributed by atoms with Crippen molar-refractivity contribution in [2.45, 2.75) is 26.2 Å². The second kappa shape index (κ2) is 12.9. The van der Waals surface area contributed by atoms with E-state index in [1.54, 1.807) is 0 Å². The third-order valence-electron chi connectivity index (χ3n) is 5.52. The minimum absolute atomic E-state index is 0.0903. The van der Waals surface area contributed by atoms with Crippen molar-refractivity contribution in [1.82, 2.24) is 10.4 Å². The van der Waals surface area contributed by atoms with E-state index in [2.05, 4.69) is 10.7 Å². The number of hydrazine groups is 1. The van der Waals surface area contributed by atoms with Crippen LogP contribution in [0.25, 0.3) is 0 Å². The van der Waals surface area contributed by atoms with E-state index < -0.39 is 47.1 Å². The van der Waals surface area contributed by atoms with Gasteiger partial charge < -0.3 is 14.8 Å². The third-order valence-corrected chi connectivity index (χ3v) is 5.52. The highest BCUT2D eigenvalue weighted by Crippen LogP contribution is 2.19. The minimum atomic E-state index is -0.898. The van der Waals surface area contributed by atoms with Crippen LogP contribution in [0.3, 0.4) is 0 Å². The van der Waals surface area contributed by atoms with Crippen LogP contribution in [-0.2, 0) is 23.9 Å². The first-order valence-electron chi connectivity index (χ1n) is 11.8. The van der Waals surface area contributed by atoms with Gasteiger partial charge in [-0.15, -0.1) is 0 Å². The second-order valence-electron chi connectivity index (χ2n) is 8.37. The average molecular weight is 527 g/mol. The summed E-state index contributed by atoms with van der Waals surface area (Å²) in [4.78, 5) is 71.2. The third kappa shape index (κ3) is 7.59. The Morgan fingerprint density at radius 1 is 1.03 bits per heavy atom. The van der Waals surface area contributed by atoms with Gasteiger partial charge in [0.15, 0.2) is 6.61 Å². The summed E-state index contributed by atoms with van der Waals surface area (Å²) in [6.07, 6.45) is 1.44. The number of hydrogen-bond donors (Lipinski definition) is 2.